The highest BCUT2D eigenvalue weighted by Gasteiger charge is 2.35. The maximum absolute atomic E-state index is 13.1. The van der Waals surface area contributed by atoms with E-state index in [0.717, 1.165) is 54.2 Å². The number of ketones is 1. The van der Waals surface area contributed by atoms with E-state index in [0.29, 0.717) is 24.2 Å². The van der Waals surface area contributed by atoms with E-state index < -0.39 is 0 Å². The summed E-state index contributed by atoms with van der Waals surface area (Å²) in [4.78, 5) is 31.4. The molecule has 1 aliphatic heterocycles. The summed E-state index contributed by atoms with van der Waals surface area (Å²) in [5.74, 6) is -0.0381. The van der Waals surface area contributed by atoms with Crippen LogP contribution in [0.4, 0.5) is 0 Å². The molecule has 0 radical (unpaired) electrons. The lowest BCUT2D eigenvalue weighted by molar-refractivity contribution is 0.0908. The summed E-state index contributed by atoms with van der Waals surface area (Å²) >= 11 is 6.48. The minimum absolute atomic E-state index is 0.0376. The SMILES string of the molecule is Cc1c(C(=O)NCC(c2ccccc2Cl)N2CCCC2)[nH]c2c1C(=O)CC(C)(C)C2. The van der Waals surface area contributed by atoms with E-state index in [-0.39, 0.29) is 23.1 Å². The minimum atomic E-state index is -0.163. The van der Waals surface area contributed by atoms with E-state index in [1.54, 1.807) is 0 Å². The fraction of sp³-hybridized carbons (Fsp3) is 0.500. The van der Waals surface area contributed by atoms with E-state index in [2.05, 4.69) is 29.0 Å². The Bertz CT molecular complexity index is 973. The second-order valence-electron chi connectivity index (χ2n) is 9.41. The molecule has 2 heterocycles. The van der Waals surface area contributed by atoms with Crippen LogP contribution in [0.3, 0.4) is 0 Å². The Morgan fingerprint density at radius 1 is 1.23 bits per heavy atom. The molecule has 0 saturated carbocycles. The average Bonchev–Trinajstić information content (AvgIpc) is 3.30. The molecule has 6 heteroatoms. The van der Waals surface area contributed by atoms with Crippen molar-refractivity contribution >= 4 is 23.3 Å². The third-order valence-corrected chi connectivity index (χ3v) is 6.77. The molecule has 160 valence electrons. The van der Waals surface area contributed by atoms with Gasteiger partial charge in [0.2, 0.25) is 0 Å². The largest absolute Gasteiger partial charge is 0.354 e. The molecule has 1 atom stereocenters. The van der Waals surface area contributed by atoms with E-state index in [1.165, 1.54) is 0 Å². The van der Waals surface area contributed by atoms with Crippen LogP contribution in [-0.2, 0) is 6.42 Å². The Labute approximate surface area is 183 Å². The maximum atomic E-state index is 13.1. The Balaban J connectivity index is 1.55. The van der Waals surface area contributed by atoms with Crippen molar-refractivity contribution in [2.75, 3.05) is 19.6 Å². The van der Waals surface area contributed by atoms with Crippen molar-refractivity contribution in [1.82, 2.24) is 15.2 Å². The summed E-state index contributed by atoms with van der Waals surface area (Å²) < 4.78 is 0. The highest BCUT2D eigenvalue weighted by atomic mass is 35.5. The Morgan fingerprint density at radius 2 is 1.93 bits per heavy atom. The normalized spacial score (nSPS) is 19.5. The number of Topliss-reactive ketones (excluding diaryl/α,β-unsaturated/α-hetero) is 1. The molecule has 1 unspecified atom stereocenters. The van der Waals surface area contributed by atoms with Crippen molar-refractivity contribution in [3.05, 3.63) is 57.4 Å². The molecule has 0 spiro atoms. The maximum Gasteiger partial charge on any atom is 0.268 e. The number of halogens is 1. The van der Waals surface area contributed by atoms with Gasteiger partial charge in [-0.15, -0.1) is 0 Å². The third kappa shape index (κ3) is 4.06. The first-order valence-corrected chi connectivity index (χ1v) is 11.2. The summed E-state index contributed by atoms with van der Waals surface area (Å²) in [6.45, 7) is 8.54. The first-order valence-electron chi connectivity index (χ1n) is 10.8. The van der Waals surface area contributed by atoms with Crippen LogP contribution in [0.25, 0.3) is 0 Å². The molecule has 4 rings (SSSR count). The van der Waals surface area contributed by atoms with Crippen molar-refractivity contribution in [2.24, 2.45) is 5.41 Å². The molecule has 1 saturated heterocycles. The number of carbonyl (C=O) groups is 2. The van der Waals surface area contributed by atoms with Gasteiger partial charge >= 0.3 is 0 Å². The van der Waals surface area contributed by atoms with Gasteiger partial charge in [-0.2, -0.15) is 0 Å². The fourth-order valence-corrected chi connectivity index (χ4v) is 5.23. The smallest absolute Gasteiger partial charge is 0.268 e. The molecule has 2 aromatic rings. The summed E-state index contributed by atoms with van der Waals surface area (Å²) in [6, 6.07) is 7.89. The lowest BCUT2D eigenvalue weighted by Crippen LogP contribution is -2.37. The van der Waals surface area contributed by atoms with Gasteiger partial charge in [0.05, 0.1) is 6.04 Å². The molecular weight excluding hydrogens is 398 g/mol. The second kappa shape index (κ2) is 8.20. The zero-order valence-electron chi connectivity index (χ0n) is 18.0. The zero-order valence-corrected chi connectivity index (χ0v) is 18.7. The van der Waals surface area contributed by atoms with Gasteiger partial charge < -0.3 is 10.3 Å². The lowest BCUT2D eigenvalue weighted by Gasteiger charge is -2.29. The number of hydrogen-bond acceptors (Lipinski definition) is 3. The average molecular weight is 428 g/mol. The lowest BCUT2D eigenvalue weighted by atomic mass is 9.75. The summed E-state index contributed by atoms with van der Waals surface area (Å²) in [7, 11) is 0. The number of nitrogens with one attached hydrogen (secondary N) is 2. The van der Waals surface area contributed by atoms with Crippen LogP contribution in [0.1, 0.15) is 76.8 Å². The number of hydrogen-bond donors (Lipinski definition) is 2. The molecule has 1 fully saturated rings. The fourth-order valence-electron chi connectivity index (χ4n) is 4.97. The molecule has 1 aromatic heterocycles. The van der Waals surface area contributed by atoms with Gasteiger partial charge in [-0.25, -0.2) is 0 Å². The standard InChI is InChI=1S/C24H30ClN3O2/c1-15-21-18(12-24(2,3)13-20(21)29)27-22(15)23(30)26-14-19(28-10-6-7-11-28)16-8-4-5-9-17(16)25/h4-5,8-9,19,27H,6-7,10-14H2,1-3H3,(H,26,30). The number of aromatic amines is 1. The Hall–Kier alpha value is -2.11. The molecule has 5 nitrogen and oxygen atoms in total. The number of likely N-dealkylation sites (tertiary alicyclic amines) is 1. The van der Waals surface area contributed by atoms with Crippen LogP contribution in [0.2, 0.25) is 5.02 Å². The predicted molar refractivity (Wildman–Crippen MR) is 119 cm³/mol. The van der Waals surface area contributed by atoms with Crippen LogP contribution < -0.4 is 5.32 Å². The first kappa shape index (κ1) is 21.1. The van der Waals surface area contributed by atoms with E-state index in [1.807, 2.05) is 31.2 Å². The van der Waals surface area contributed by atoms with Crippen molar-refractivity contribution in [2.45, 2.75) is 52.5 Å². The molecule has 0 bridgehead atoms. The number of rotatable bonds is 5. The van der Waals surface area contributed by atoms with Gasteiger partial charge in [0.1, 0.15) is 5.69 Å². The van der Waals surface area contributed by atoms with Gasteiger partial charge in [-0.3, -0.25) is 14.5 Å². The van der Waals surface area contributed by atoms with E-state index in [9.17, 15) is 9.59 Å². The summed E-state index contributed by atoms with van der Waals surface area (Å²) in [5, 5.41) is 3.83. The number of H-pyrrole nitrogens is 1. The number of carbonyl (C=O) groups excluding carboxylic acids is 2. The van der Waals surface area contributed by atoms with Crippen LogP contribution >= 0.6 is 11.6 Å². The summed E-state index contributed by atoms with van der Waals surface area (Å²) in [5.41, 5.74) is 3.83. The van der Waals surface area contributed by atoms with Crippen molar-refractivity contribution in [3.63, 3.8) is 0 Å². The van der Waals surface area contributed by atoms with Crippen LogP contribution in [-0.4, -0.2) is 41.2 Å². The first-order chi connectivity index (χ1) is 14.3. The molecular formula is C24H30ClN3O2. The van der Waals surface area contributed by atoms with Crippen molar-refractivity contribution < 1.29 is 9.59 Å². The van der Waals surface area contributed by atoms with E-state index in [4.69, 9.17) is 11.6 Å². The van der Waals surface area contributed by atoms with Crippen LogP contribution in [0, 0.1) is 12.3 Å². The minimum Gasteiger partial charge on any atom is -0.354 e. The highest BCUT2D eigenvalue weighted by Crippen LogP contribution is 2.37. The molecule has 2 N–H and O–H groups in total. The van der Waals surface area contributed by atoms with Gasteiger partial charge in [0, 0.05) is 29.2 Å². The van der Waals surface area contributed by atoms with E-state index >= 15 is 0 Å². The van der Waals surface area contributed by atoms with Crippen molar-refractivity contribution in [3.8, 4) is 0 Å². The highest BCUT2D eigenvalue weighted by molar-refractivity contribution is 6.31. The number of fused-ring (bicyclic) bond motifs is 1. The van der Waals surface area contributed by atoms with Gasteiger partial charge in [-0.05, 0) is 61.9 Å². The number of benzene rings is 1. The predicted octanol–water partition coefficient (Wildman–Crippen LogP) is 4.70. The van der Waals surface area contributed by atoms with Crippen molar-refractivity contribution in [1.29, 1.82) is 0 Å². The Morgan fingerprint density at radius 3 is 2.63 bits per heavy atom. The zero-order chi connectivity index (χ0) is 21.5. The molecule has 1 amide bonds. The van der Waals surface area contributed by atoms with Gasteiger partial charge in [-0.1, -0.05) is 43.6 Å². The van der Waals surface area contributed by atoms with Crippen LogP contribution in [0.15, 0.2) is 24.3 Å². The van der Waals surface area contributed by atoms with Gasteiger partial charge in [0.15, 0.2) is 5.78 Å². The molecule has 1 aromatic carbocycles. The second-order valence-corrected chi connectivity index (χ2v) is 9.82. The topological polar surface area (TPSA) is 65.2 Å². The number of amides is 1. The number of nitrogens with zero attached hydrogens (tertiary/aromatic N) is 1. The molecule has 1 aliphatic carbocycles. The number of aromatic nitrogens is 1. The third-order valence-electron chi connectivity index (χ3n) is 6.43. The van der Waals surface area contributed by atoms with Gasteiger partial charge in [0.25, 0.3) is 5.91 Å². The van der Waals surface area contributed by atoms with Crippen LogP contribution in [0.5, 0.6) is 0 Å². The molecule has 2 aliphatic rings. The summed E-state index contributed by atoms with van der Waals surface area (Å²) in [6.07, 6.45) is 3.62. The quantitative estimate of drug-likeness (QED) is 0.726. The Kier molecular flexibility index (Phi) is 5.78. The molecule has 30 heavy (non-hydrogen) atoms. The monoisotopic (exact) mass is 427 g/mol.